The van der Waals surface area contributed by atoms with Crippen molar-refractivity contribution in [3.05, 3.63) is 33.9 Å². The van der Waals surface area contributed by atoms with Gasteiger partial charge in [0, 0.05) is 36.7 Å². The van der Waals surface area contributed by atoms with E-state index in [0.717, 1.165) is 6.07 Å². The summed E-state index contributed by atoms with van der Waals surface area (Å²) in [5.74, 6) is -0.793. The van der Waals surface area contributed by atoms with Crippen molar-refractivity contribution < 1.29 is 19.6 Å². The molecule has 142 valence electrons. The molecule has 8 heteroatoms. The predicted octanol–water partition coefficient (Wildman–Crippen LogP) is 2.41. The van der Waals surface area contributed by atoms with Crippen molar-refractivity contribution in [1.82, 2.24) is 9.80 Å². The Balaban J connectivity index is 2.23. The van der Waals surface area contributed by atoms with E-state index in [0.29, 0.717) is 13.1 Å². The molecular weight excluding hydrogens is 338 g/mol. The maximum atomic E-state index is 12.9. The summed E-state index contributed by atoms with van der Waals surface area (Å²) in [6.07, 6.45) is 0. The number of benzene rings is 1. The number of piperazine rings is 1. The standard InChI is InChI=1S/C18H25N3O5/c1-11-9-19(17(24)18(3,4)5)10-12(2)20(11)16(23)14-7-6-13(21(25)26)8-15(14)22/h6-8,11-12,22H,9-10H2,1-5H3. The van der Waals surface area contributed by atoms with Crippen LogP contribution in [-0.4, -0.2) is 56.8 Å². The second-order valence-corrected chi connectivity index (χ2v) is 7.83. The summed E-state index contributed by atoms with van der Waals surface area (Å²) < 4.78 is 0. The Labute approximate surface area is 152 Å². The van der Waals surface area contributed by atoms with Gasteiger partial charge in [0.25, 0.3) is 11.6 Å². The van der Waals surface area contributed by atoms with Crippen LogP contribution in [0.1, 0.15) is 45.0 Å². The molecule has 1 saturated heterocycles. The molecule has 2 amide bonds. The highest BCUT2D eigenvalue weighted by atomic mass is 16.6. The number of hydrogen-bond donors (Lipinski definition) is 1. The van der Waals surface area contributed by atoms with Crippen LogP contribution in [0.3, 0.4) is 0 Å². The number of carbonyl (C=O) groups is 2. The minimum atomic E-state index is -0.629. The molecule has 1 aliphatic heterocycles. The fourth-order valence-electron chi connectivity index (χ4n) is 3.32. The van der Waals surface area contributed by atoms with Gasteiger partial charge in [-0.15, -0.1) is 0 Å². The number of phenolic OH excluding ortho intramolecular Hbond substituents is 1. The first kappa shape index (κ1) is 19.7. The summed E-state index contributed by atoms with van der Waals surface area (Å²) in [4.78, 5) is 39.0. The smallest absolute Gasteiger partial charge is 0.273 e. The Morgan fingerprint density at radius 2 is 1.73 bits per heavy atom. The molecule has 0 radical (unpaired) electrons. The predicted molar refractivity (Wildman–Crippen MR) is 95.9 cm³/mol. The highest BCUT2D eigenvalue weighted by Crippen LogP contribution is 2.28. The number of non-ortho nitro benzene ring substituents is 1. The van der Waals surface area contributed by atoms with Gasteiger partial charge in [0.1, 0.15) is 5.75 Å². The number of nitro benzene ring substituents is 1. The number of nitro groups is 1. The third kappa shape index (κ3) is 3.79. The van der Waals surface area contributed by atoms with Gasteiger partial charge < -0.3 is 14.9 Å². The van der Waals surface area contributed by atoms with Gasteiger partial charge in [-0.2, -0.15) is 0 Å². The lowest BCUT2D eigenvalue weighted by Crippen LogP contribution is -2.61. The molecule has 0 aromatic heterocycles. The van der Waals surface area contributed by atoms with Crippen LogP contribution in [-0.2, 0) is 4.79 Å². The highest BCUT2D eigenvalue weighted by molar-refractivity contribution is 5.97. The van der Waals surface area contributed by atoms with E-state index in [-0.39, 0.29) is 29.2 Å². The van der Waals surface area contributed by atoms with E-state index >= 15 is 0 Å². The zero-order chi connectivity index (χ0) is 19.8. The van der Waals surface area contributed by atoms with Gasteiger partial charge in [-0.25, -0.2) is 0 Å². The third-order valence-corrected chi connectivity index (χ3v) is 4.50. The van der Waals surface area contributed by atoms with Gasteiger partial charge >= 0.3 is 0 Å². The Kier molecular flexibility index (Phi) is 5.25. The van der Waals surface area contributed by atoms with Gasteiger partial charge in [-0.3, -0.25) is 19.7 Å². The van der Waals surface area contributed by atoms with Crippen molar-refractivity contribution >= 4 is 17.5 Å². The topological polar surface area (TPSA) is 104 Å². The van der Waals surface area contributed by atoms with E-state index in [2.05, 4.69) is 0 Å². The van der Waals surface area contributed by atoms with Crippen LogP contribution in [0.15, 0.2) is 18.2 Å². The van der Waals surface area contributed by atoms with Gasteiger partial charge in [0.05, 0.1) is 16.6 Å². The number of amides is 2. The van der Waals surface area contributed by atoms with Crippen molar-refractivity contribution in [3.8, 4) is 5.75 Å². The Bertz CT molecular complexity index is 729. The molecule has 26 heavy (non-hydrogen) atoms. The molecule has 0 saturated carbocycles. The molecule has 1 fully saturated rings. The molecule has 2 atom stereocenters. The first-order valence-electron chi connectivity index (χ1n) is 8.53. The van der Waals surface area contributed by atoms with E-state index in [1.165, 1.54) is 12.1 Å². The molecule has 2 unspecified atom stereocenters. The lowest BCUT2D eigenvalue weighted by Gasteiger charge is -2.46. The van der Waals surface area contributed by atoms with Gasteiger partial charge in [0.15, 0.2) is 0 Å². The molecule has 0 bridgehead atoms. The normalized spacial score (nSPS) is 20.8. The molecular formula is C18H25N3O5. The molecule has 1 aliphatic rings. The molecule has 1 N–H and O–H groups in total. The Hall–Kier alpha value is -2.64. The molecule has 1 heterocycles. The van der Waals surface area contributed by atoms with E-state index in [9.17, 15) is 24.8 Å². The average molecular weight is 363 g/mol. The van der Waals surface area contributed by atoms with Gasteiger partial charge in [0.2, 0.25) is 5.91 Å². The van der Waals surface area contributed by atoms with Crippen LogP contribution in [0.25, 0.3) is 0 Å². The second-order valence-electron chi connectivity index (χ2n) is 7.83. The van der Waals surface area contributed by atoms with Crippen LogP contribution >= 0.6 is 0 Å². The van der Waals surface area contributed by atoms with Gasteiger partial charge in [-0.05, 0) is 19.9 Å². The van der Waals surface area contributed by atoms with Crippen LogP contribution in [0, 0.1) is 15.5 Å². The number of rotatable bonds is 2. The number of aromatic hydroxyl groups is 1. The zero-order valence-corrected chi connectivity index (χ0v) is 15.7. The SMILES string of the molecule is CC1CN(C(=O)C(C)(C)C)CC(C)N1C(=O)c1ccc([N+](=O)[O-])cc1O. The van der Waals surface area contributed by atoms with Crippen molar-refractivity contribution in [2.24, 2.45) is 5.41 Å². The van der Waals surface area contributed by atoms with E-state index in [4.69, 9.17) is 0 Å². The quantitative estimate of drug-likeness (QED) is 0.642. The lowest BCUT2D eigenvalue weighted by molar-refractivity contribution is -0.384. The largest absolute Gasteiger partial charge is 0.507 e. The summed E-state index contributed by atoms with van der Waals surface area (Å²) in [6, 6.07) is 2.95. The Morgan fingerprint density at radius 1 is 1.19 bits per heavy atom. The minimum absolute atomic E-state index is 0.0184. The number of hydrogen-bond acceptors (Lipinski definition) is 5. The van der Waals surface area contributed by atoms with Crippen molar-refractivity contribution in [2.45, 2.75) is 46.7 Å². The summed E-state index contributed by atoms with van der Waals surface area (Å²) in [5, 5.41) is 20.8. The molecule has 0 spiro atoms. The van der Waals surface area contributed by atoms with E-state index in [1.807, 2.05) is 34.6 Å². The van der Waals surface area contributed by atoms with E-state index in [1.54, 1.807) is 9.80 Å². The summed E-state index contributed by atoms with van der Waals surface area (Å²) in [5.41, 5.74) is -0.756. The van der Waals surface area contributed by atoms with Crippen LogP contribution in [0.4, 0.5) is 5.69 Å². The summed E-state index contributed by atoms with van der Waals surface area (Å²) >= 11 is 0. The lowest BCUT2D eigenvalue weighted by atomic mass is 9.93. The van der Waals surface area contributed by atoms with Crippen LogP contribution < -0.4 is 0 Å². The molecule has 2 rings (SSSR count). The van der Waals surface area contributed by atoms with E-state index < -0.39 is 22.0 Å². The molecule has 1 aromatic rings. The van der Waals surface area contributed by atoms with Crippen molar-refractivity contribution in [1.29, 1.82) is 0 Å². The first-order chi connectivity index (χ1) is 11.9. The van der Waals surface area contributed by atoms with Crippen LogP contribution in [0.2, 0.25) is 0 Å². The number of phenols is 1. The second kappa shape index (κ2) is 6.93. The maximum Gasteiger partial charge on any atom is 0.273 e. The van der Waals surface area contributed by atoms with Crippen molar-refractivity contribution in [2.75, 3.05) is 13.1 Å². The summed E-state index contributed by atoms with van der Waals surface area (Å²) in [7, 11) is 0. The maximum absolute atomic E-state index is 12.9. The molecule has 0 aliphatic carbocycles. The zero-order valence-electron chi connectivity index (χ0n) is 15.7. The van der Waals surface area contributed by atoms with Crippen molar-refractivity contribution in [3.63, 3.8) is 0 Å². The third-order valence-electron chi connectivity index (χ3n) is 4.50. The molecule has 8 nitrogen and oxygen atoms in total. The molecule has 1 aromatic carbocycles. The fraction of sp³-hybridized carbons (Fsp3) is 0.556. The number of nitrogens with zero attached hydrogens (tertiary/aromatic N) is 3. The monoisotopic (exact) mass is 363 g/mol. The highest BCUT2D eigenvalue weighted by Gasteiger charge is 2.38. The fourth-order valence-corrected chi connectivity index (χ4v) is 3.32. The van der Waals surface area contributed by atoms with Crippen LogP contribution in [0.5, 0.6) is 5.75 Å². The number of carbonyl (C=O) groups excluding carboxylic acids is 2. The average Bonchev–Trinajstić information content (AvgIpc) is 2.52. The minimum Gasteiger partial charge on any atom is -0.507 e. The van der Waals surface area contributed by atoms with Gasteiger partial charge in [-0.1, -0.05) is 20.8 Å². The summed E-state index contributed by atoms with van der Waals surface area (Å²) in [6.45, 7) is 10.1. The first-order valence-corrected chi connectivity index (χ1v) is 8.53. The Morgan fingerprint density at radius 3 is 2.15 bits per heavy atom.